The van der Waals surface area contributed by atoms with Crippen molar-refractivity contribution in [2.45, 2.75) is 25.4 Å². The monoisotopic (exact) mass is 282 g/mol. The number of amides is 1. The molecule has 108 valence electrons. The minimum Gasteiger partial charge on any atom is -0.467 e. The highest BCUT2D eigenvalue weighted by molar-refractivity contribution is 5.92. The fourth-order valence-corrected chi connectivity index (χ4v) is 2.21. The molecule has 1 aromatic carbocycles. The van der Waals surface area contributed by atoms with E-state index < -0.39 is 0 Å². The molecule has 2 aromatic rings. The Balaban J connectivity index is 1.68. The lowest BCUT2D eigenvalue weighted by Gasteiger charge is -2.19. The van der Waals surface area contributed by atoms with Crippen molar-refractivity contribution in [3.05, 3.63) is 60.1 Å². The molecule has 1 amide bonds. The topological polar surface area (TPSA) is 59.5 Å². The van der Waals surface area contributed by atoms with Gasteiger partial charge in [0.1, 0.15) is 5.76 Å². The van der Waals surface area contributed by atoms with E-state index in [-0.39, 0.29) is 5.91 Å². The lowest BCUT2D eigenvalue weighted by atomic mass is 10.2. The molecule has 0 bridgehead atoms. The largest absolute Gasteiger partial charge is 0.467 e. The van der Waals surface area contributed by atoms with Gasteiger partial charge in [0.15, 0.2) is 0 Å². The quantitative estimate of drug-likeness (QED) is 0.677. The van der Waals surface area contributed by atoms with Gasteiger partial charge in [0, 0.05) is 17.8 Å². The van der Waals surface area contributed by atoms with Crippen molar-refractivity contribution in [3.8, 4) is 0 Å². The van der Waals surface area contributed by atoms with Crippen molar-refractivity contribution in [1.29, 1.82) is 0 Å². The number of nitrogens with zero attached hydrogens (tertiary/aromatic N) is 1. The van der Waals surface area contributed by atoms with Crippen LogP contribution < -0.4 is 5.73 Å². The minimum atomic E-state index is 0.0192. The van der Waals surface area contributed by atoms with Crippen molar-refractivity contribution in [2.24, 2.45) is 0 Å². The summed E-state index contributed by atoms with van der Waals surface area (Å²) in [7, 11) is 0. The Morgan fingerprint density at radius 1 is 1.29 bits per heavy atom. The predicted molar refractivity (Wildman–Crippen MR) is 82.2 cm³/mol. The molecule has 1 aromatic heterocycles. The highest BCUT2D eigenvalue weighted by Gasteiger charge is 2.32. The number of benzene rings is 1. The van der Waals surface area contributed by atoms with Gasteiger partial charge in [-0.2, -0.15) is 0 Å². The second-order valence-corrected chi connectivity index (χ2v) is 5.28. The lowest BCUT2D eigenvalue weighted by Crippen LogP contribution is -2.30. The number of furan rings is 1. The molecular weight excluding hydrogens is 264 g/mol. The van der Waals surface area contributed by atoms with Gasteiger partial charge in [0.05, 0.1) is 12.8 Å². The molecule has 0 saturated heterocycles. The van der Waals surface area contributed by atoms with Gasteiger partial charge in [-0.3, -0.25) is 4.79 Å². The van der Waals surface area contributed by atoms with Crippen LogP contribution in [0.3, 0.4) is 0 Å². The van der Waals surface area contributed by atoms with Crippen molar-refractivity contribution in [1.82, 2.24) is 4.90 Å². The molecule has 1 fully saturated rings. The first kappa shape index (κ1) is 13.5. The average molecular weight is 282 g/mol. The van der Waals surface area contributed by atoms with E-state index in [1.807, 2.05) is 47.4 Å². The van der Waals surface area contributed by atoms with Gasteiger partial charge in [0.2, 0.25) is 5.91 Å². The van der Waals surface area contributed by atoms with Crippen LogP contribution in [0.5, 0.6) is 0 Å². The normalized spacial score (nSPS) is 14.5. The third-order valence-electron chi connectivity index (χ3n) is 3.53. The Labute approximate surface area is 123 Å². The summed E-state index contributed by atoms with van der Waals surface area (Å²) in [6.07, 6.45) is 7.21. The number of hydrogen-bond acceptors (Lipinski definition) is 3. The van der Waals surface area contributed by atoms with Gasteiger partial charge in [-0.05, 0) is 48.7 Å². The molecule has 0 unspecified atom stereocenters. The Bertz CT molecular complexity index is 625. The van der Waals surface area contributed by atoms with Gasteiger partial charge in [-0.15, -0.1) is 0 Å². The number of carbonyl (C=O) groups excluding carboxylic acids is 1. The van der Waals surface area contributed by atoms with Crippen molar-refractivity contribution in [2.75, 3.05) is 5.73 Å². The van der Waals surface area contributed by atoms with E-state index in [2.05, 4.69) is 0 Å². The third-order valence-corrected chi connectivity index (χ3v) is 3.53. The summed E-state index contributed by atoms with van der Waals surface area (Å²) in [6.45, 7) is 0.530. The number of nitrogens with two attached hydrogens (primary N) is 1. The lowest BCUT2D eigenvalue weighted by molar-refractivity contribution is -0.127. The highest BCUT2D eigenvalue weighted by atomic mass is 16.3. The van der Waals surface area contributed by atoms with E-state index in [0.717, 1.165) is 29.9 Å². The zero-order valence-corrected chi connectivity index (χ0v) is 11.7. The van der Waals surface area contributed by atoms with Crippen LogP contribution in [-0.2, 0) is 11.3 Å². The van der Waals surface area contributed by atoms with E-state index in [1.165, 1.54) is 0 Å². The molecular formula is C17H18N2O2. The third kappa shape index (κ3) is 3.54. The molecule has 0 radical (unpaired) electrons. The van der Waals surface area contributed by atoms with Gasteiger partial charge in [0.25, 0.3) is 0 Å². The molecule has 21 heavy (non-hydrogen) atoms. The second kappa shape index (κ2) is 5.87. The Morgan fingerprint density at radius 3 is 2.67 bits per heavy atom. The molecule has 2 N–H and O–H groups in total. The number of anilines is 1. The minimum absolute atomic E-state index is 0.0192. The van der Waals surface area contributed by atoms with Gasteiger partial charge < -0.3 is 15.1 Å². The van der Waals surface area contributed by atoms with E-state index in [0.29, 0.717) is 12.6 Å². The Hall–Kier alpha value is -2.49. The molecule has 0 atom stereocenters. The van der Waals surface area contributed by atoms with Gasteiger partial charge in [-0.1, -0.05) is 12.1 Å². The van der Waals surface area contributed by atoms with Crippen LogP contribution in [0.1, 0.15) is 24.2 Å². The zero-order valence-electron chi connectivity index (χ0n) is 11.7. The maximum Gasteiger partial charge on any atom is 0.247 e. The smallest absolute Gasteiger partial charge is 0.247 e. The molecule has 4 heteroatoms. The van der Waals surface area contributed by atoms with Gasteiger partial charge >= 0.3 is 0 Å². The molecule has 1 heterocycles. The van der Waals surface area contributed by atoms with E-state index >= 15 is 0 Å². The number of nitrogen functional groups attached to an aromatic ring is 1. The SMILES string of the molecule is Nc1ccc(/C=C/C(=O)N(Cc2ccco2)C2CC2)cc1. The Morgan fingerprint density at radius 2 is 2.05 bits per heavy atom. The zero-order chi connectivity index (χ0) is 14.7. The van der Waals surface area contributed by atoms with E-state index in [9.17, 15) is 4.79 Å². The maximum absolute atomic E-state index is 12.4. The van der Waals surface area contributed by atoms with Gasteiger partial charge in [-0.25, -0.2) is 0 Å². The van der Waals surface area contributed by atoms with Crippen LogP contribution in [0.4, 0.5) is 5.69 Å². The van der Waals surface area contributed by atoms with Crippen LogP contribution in [0.25, 0.3) is 6.08 Å². The van der Waals surface area contributed by atoms with Crippen LogP contribution in [0.15, 0.2) is 53.2 Å². The number of carbonyl (C=O) groups is 1. The average Bonchev–Trinajstić information content (AvgIpc) is 3.20. The summed E-state index contributed by atoms with van der Waals surface area (Å²) in [5.41, 5.74) is 7.33. The highest BCUT2D eigenvalue weighted by Crippen LogP contribution is 2.28. The van der Waals surface area contributed by atoms with Crippen LogP contribution in [0.2, 0.25) is 0 Å². The standard InChI is InChI=1S/C17H18N2O2/c18-14-6-3-13(4-7-14)5-10-17(20)19(15-8-9-15)12-16-2-1-11-21-16/h1-7,10-11,15H,8-9,12,18H2/b10-5+. The summed E-state index contributed by atoms with van der Waals surface area (Å²) < 4.78 is 5.34. The summed E-state index contributed by atoms with van der Waals surface area (Å²) >= 11 is 0. The van der Waals surface area contributed by atoms with E-state index in [1.54, 1.807) is 12.3 Å². The summed E-state index contributed by atoms with van der Waals surface area (Å²) in [4.78, 5) is 14.2. The van der Waals surface area contributed by atoms with Crippen LogP contribution in [-0.4, -0.2) is 16.8 Å². The Kier molecular flexibility index (Phi) is 3.77. The molecule has 1 saturated carbocycles. The van der Waals surface area contributed by atoms with Crippen LogP contribution >= 0.6 is 0 Å². The molecule has 0 spiro atoms. The fourth-order valence-electron chi connectivity index (χ4n) is 2.21. The van der Waals surface area contributed by atoms with Crippen LogP contribution in [0, 0.1) is 0 Å². The predicted octanol–water partition coefficient (Wildman–Crippen LogP) is 3.07. The molecule has 0 aliphatic heterocycles. The summed E-state index contributed by atoms with van der Waals surface area (Å²) in [5.74, 6) is 0.835. The molecule has 1 aliphatic carbocycles. The second-order valence-electron chi connectivity index (χ2n) is 5.28. The fraction of sp³-hybridized carbons (Fsp3) is 0.235. The molecule has 4 nitrogen and oxygen atoms in total. The van der Waals surface area contributed by atoms with Crippen molar-refractivity contribution >= 4 is 17.7 Å². The molecule has 1 aliphatic rings. The summed E-state index contributed by atoms with van der Waals surface area (Å²) in [6, 6.07) is 11.5. The maximum atomic E-state index is 12.4. The first-order valence-electron chi connectivity index (χ1n) is 7.09. The molecule has 3 rings (SSSR count). The van der Waals surface area contributed by atoms with E-state index in [4.69, 9.17) is 10.2 Å². The first-order valence-corrected chi connectivity index (χ1v) is 7.09. The van der Waals surface area contributed by atoms with Crippen molar-refractivity contribution < 1.29 is 9.21 Å². The number of rotatable bonds is 5. The summed E-state index contributed by atoms with van der Waals surface area (Å²) in [5, 5.41) is 0. The first-order chi connectivity index (χ1) is 10.2. The van der Waals surface area contributed by atoms with Crippen molar-refractivity contribution in [3.63, 3.8) is 0 Å². The number of hydrogen-bond donors (Lipinski definition) is 1.